The lowest BCUT2D eigenvalue weighted by Gasteiger charge is -2.10. The monoisotopic (exact) mass is 353 g/mol. The summed E-state index contributed by atoms with van der Waals surface area (Å²) in [5.41, 5.74) is 3.00. The first-order valence-electron chi connectivity index (χ1n) is 8.52. The van der Waals surface area contributed by atoms with Crippen molar-refractivity contribution in [3.05, 3.63) is 47.8 Å². The lowest BCUT2D eigenvalue weighted by molar-refractivity contribution is 0.102. The number of rotatable bonds is 6. The third-order valence-corrected chi connectivity index (χ3v) is 4.04. The van der Waals surface area contributed by atoms with E-state index < -0.39 is 0 Å². The Balaban J connectivity index is 1.80. The van der Waals surface area contributed by atoms with Crippen LogP contribution in [0.5, 0.6) is 11.5 Å². The summed E-state index contributed by atoms with van der Waals surface area (Å²) in [5, 5.41) is 2.91. The van der Waals surface area contributed by atoms with Gasteiger partial charge in [-0.1, -0.05) is 13.8 Å². The number of anilines is 1. The third kappa shape index (κ3) is 3.79. The fourth-order valence-corrected chi connectivity index (χ4v) is 2.80. The number of H-pyrrole nitrogens is 1. The fourth-order valence-electron chi connectivity index (χ4n) is 2.80. The van der Waals surface area contributed by atoms with E-state index in [0.717, 1.165) is 23.3 Å². The standard InChI is InChI=1S/C20H23N3O3/c1-12(2)9-19-22-15-7-6-14(11-16(15)23-19)21-20(24)13-5-8-17(25-3)18(10-13)26-4/h5-8,10-12H,9H2,1-4H3,(H,21,24)(H,22,23). The van der Waals surface area contributed by atoms with Crippen molar-refractivity contribution < 1.29 is 14.3 Å². The van der Waals surface area contributed by atoms with Gasteiger partial charge in [0.05, 0.1) is 25.3 Å². The second-order valence-electron chi connectivity index (χ2n) is 6.54. The van der Waals surface area contributed by atoms with Gasteiger partial charge in [0.1, 0.15) is 5.82 Å². The van der Waals surface area contributed by atoms with Crippen LogP contribution in [0.4, 0.5) is 5.69 Å². The minimum Gasteiger partial charge on any atom is -0.493 e. The van der Waals surface area contributed by atoms with E-state index in [1.807, 2.05) is 18.2 Å². The number of hydrogen-bond acceptors (Lipinski definition) is 4. The number of amides is 1. The molecule has 26 heavy (non-hydrogen) atoms. The van der Waals surface area contributed by atoms with Crippen molar-refractivity contribution >= 4 is 22.6 Å². The lowest BCUT2D eigenvalue weighted by atomic mass is 10.1. The molecule has 1 heterocycles. The van der Waals surface area contributed by atoms with Crippen molar-refractivity contribution in [3.63, 3.8) is 0 Å². The smallest absolute Gasteiger partial charge is 0.255 e. The Morgan fingerprint density at radius 1 is 1.12 bits per heavy atom. The highest BCUT2D eigenvalue weighted by Crippen LogP contribution is 2.28. The number of nitrogens with zero attached hydrogens (tertiary/aromatic N) is 1. The average Bonchev–Trinajstić information content (AvgIpc) is 3.01. The van der Waals surface area contributed by atoms with Crippen molar-refractivity contribution in [2.75, 3.05) is 19.5 Å². The van der Waals surface area contributed by atoms with Crippen LogP contribution in [0, 0.1) is 5.92 Å². The molecule has 1 amide bonds. The maximum atomic E-state index is 12.5. The molecule has 0 unspecified atom stereocenters. The normalized spacial score (nSPS) is 11.0. The second-order valence-corrected chi connectivity index (χ2v) is 6.54. The number of benzene rings is 2. The third-order valence-electron chi connectivity index (χ3n) is 4.04. The summed E-state index contributed by atoms with van der Waals surface area (Å²) in [4.78, 5) is 20.4. The maximum absolute atomic E-state index is 12.5. The molecular formula is C20H23N3O3. The minimum absolute atomic E-state index is 0.216. The van der Waals surface area contributed by atoms with Crippen LogP contribution in [-0.2, 0) is 6.42 Å². The van der Waals surface area contributed by atoms with Crippen LogP contribution in [0.25, 0.3) is 11.0 Å². The molecular weight excluding hydrogens is 330 g/mol. The van der Waals surface area contributed by atoms with Crippen LogP contribution in [-0.4, -0.2) is 30.1 Å². The first-order valence-corrected chi connectivity index (χ1v) is 8.52. The Kier molecular flexibility index (Phi) is 5.11. The van der Waals surface area contributed by atoms with Gasteiger partial charge in [0.2, 0.25) is 0 Å². The summed E-state index contributed by atoms with van der Waals surface area (Å²) >= 11 is 0. The molecule has 0 aliphatic carbocycles. The number of aromatic nitrogens is 2. The molecule has 0 saturated carbocycles. The van der Waals surface area contributed by atoms with E-state index >= 15 is 0 Å². The van der Waals surface area contributed by atoms with E-state index in [-0.39, 0.29) is 5.91 Å². The zero-order valence-corrected chi connectivity index (χ0v) is 15.4. The van der Waals surface area contributed by atoms with Crippen molar-refractivity contribution in [3.8, 4) is 11.5 Å². The molecule has 3 rings (SSSR count). The van der Waals surface area contributed by atoms with Crippen LogP contribution in [0.15, 0.2) is 36.4 Å². The molecule has 3 aromatic rings. The van der Waals surface area contributed by atoms with Gasteiger partial charge in [0.15, 0.2) is 11.5 Å². The molecule has 2 N–H and O–H groups in total. The number of ether oxygens (including phenoxy) is 2. The van der Waals surface area contributed by atoms with Gasteiger partial charge in [0, 0.05) is 17.7 Å². The van der Waals surface area contributed by atoms with Crippen LogP contribution in [0.1, 0.15) is 30.0 Å². The number of methoxy groups -OCH3 is 2. The molecule has 0 aliphatic heterocycles. The fraction of sp³-hybridized carbons (Fsp3) is 0.300. The maximum Gasteiger partial charge on any atom is 0.255 e. The summed E-state index contributed by atoms with van der Waals surface area (Å²) in [6, 6.07) is 10.7. The molecule has 6 heteroatoms. The first kappa shape index (κ1) is 17.8. The molecule has 0 saturated heterocycles. The van der Waals surface area contributed by atoms with Gasteiger partial charge in [-0.15, -0.1) is 0 Å². The molecule has 0 radical (unpaired) electrons. The molecule has 136 valence electrons. The summed E-state index contributed by atoms with van der Waals surface area (Å²) < 4.78 is 10.5. The van der Waals surface area contributed by atoms with Crippen molar-refractivity contribution in [2.45, 2.75) is 20.3 Å². The summed E-state index contributed by atoms with van der Waals surface area (Å²) in [6.07, 6.45) is 0.891. The Hall–Kier alpha value is -3.02. The van der Waals surface area contributed by atoms with Crippen molar-refractivity contribution in [2.24, 2.45) is 5.92 Å². The minimum atomic E-state index is -0.216. The topological polar surface area (TPSA) is 76.2 Å². The predicted octanol–water partition coefficient (Wildman–Crippen LogP) is 4.03. The zero-order chi connectivity index (χ0) is 18.7. The molecule has 0 bridgehead atoms. The first-order chi connectivity index (χ1) is 12.5. The molecule has 6 nitrogen and oxygen atoms in total. The Morgan fingerprint density at radius 3 is 2.58 bits per heavy atom. The van der Waals surface area contributed by atoms with E-state index in [4.69, 9.17) is 9.47 Å². The number of carbonyl (C=O) groups excluding carboxylic acids is 1. The van der Waals surface area contributed by atoms with Crippen molar-refractivity contribution in [1.29, 1.82) is 0 Å². The number of carbonyl (C=O) groups is 1. The number of hydrogen-bond donors (Lipinski definition) is 2. The molecule has 0 atom stereocenters. The number of fused-ring (bicyclic) bond motifs is 1. The van der Waals surface area contributed by atoms with Crippen LogP contribution in [0.2, 0.25) is 0 Å². The van der Waals surface area contributed by atoms with Gasteiger partial charge < -0.3 is 19.8 Å². The Morgan fingerprint density at radius 2 is 1.88 bits per heavy atom. The van der Waals surface area contributed by atoms with Gasteiger partial charge in [-0.25, -0.2) is 4.98 Å². The van der Waals surface area contributed by atoms with E-state index in [1.54, 1.807) is 32.4 Å². The number of imidazole rings is 1. The largest absolute Gasteiger partial charge is 0.493 e. The quantitative estimate of drug-likeness (QED) is 0.701. The summed E-state index contributed by atoms with van der Waals surface area (Å²) in [6.45, 7) is 4.31. The number of nitrogens with one attached hydrogen (secondary N) is 2. The number of aromatic amines is 1. The van der Waals surface area contributed by atoms with Gasteiger partial charge in [0.25, 0.3) is 5.91 Å². The average molecular weight is 353 g/mol. The van der Waals surface area contributed by atoms with E-state index in [1.165, 1.54) is 0 Å². The molecule has 2 aromatic carbocycles. The van der Waals surface area contributed by atoms with Gasteiger partial charge in [-0.3, -0.25) is 4.79 Å². The molecule has 1 aromatic heterocycles. The van der Waals surface area contributed by atoms with Gasteiger partial charge >= 0.3 is 0 Å². The van der Waals surface area contributed by atoms with Crippen LogP contribution < -0.4 is 14.8 Å². The molecule has 0 fully saturated rings. The highest BCUT2D eigenvalue weighted by Gasteiger charge is 2.12. The lowest BCUT2D eigenvalue weighted by Crippen LogP contribution is -2.12. The van der Waals surface area contributed by atoms with Gasteiger partial charge in [-0.2, -0.15) is 0 Å². The summed E-state index contributed by atoms with van der Waals surface area (Å²) in [7, 11) is 3.10. The molecule has 0 aliphatic rings. The molecule has 0 spiro atoms. The summed E-state index contributed by atoms with van der Waals surface area (Å²) in [5.74, 6) is 2.37. The Labute approximate surface area is 152 Å². The van der Waals surface area contributed by atoms with Crippen LogP contribution >= 0.6 is 0 Å². The second kappa shape index (κ2) is 7.47. The SMILES string of the molecule is COc1ccc(C(=O)Nc2ccc3nc(CC(C)C)[nH]c3c2)cc1OC. The van der Waals surface area contributed by atoms with E-state index in [2.05, 4.69) is 29.1 Å². The highest BCUT2D eigenvalue weighted by molar-refractivity contribution is 6.05. The van der Waals surface area contributed by atoms with Gasteiger partial charge in [-0.05, 0) is 42.3 Å². The zero-order valence-electron chi connectivity index (χ0n) is 15.4. The Bertz CT molecular complexity index is 931. The van der Waals surface area contributed by atoms with E-state index in [9.17, 15) is 4.79 Å². The predicted molar refractivity (Wildman–Crippen MR) is 102 cm³/mol. The van der Waals surface area contributed by atoms with Crippen LogP contribution in [0.3, 0.4) is 0 Å². The van der Waals surface area contributed by atoms with Crippen molar-refractivity contribution in [1.82, 2.24) is 9.97 Å². The van der Waals surface area contributed by atoms with E-state index in [0.29, 0.717) is 28.7 Å². The highest BCUT2D eigenvalue weighted by atomic mass is 16.5.